The molecule has 2 aliphatic carbocycles. The molecule has 0 aliphatic heterocycles. The van der Waals surface area contributed by atoms with Gasteiger partial charge in [-0.2, -0.15) is 0 Å². The van der Waals surface area contributed by atoms with Crippen molar-refractivity contribution in [3.8, 4) is 0 Å². The topological polar surface area (TPSA) is 0 Å². The highest BCUT2D eigenvalue weighted by atomic mass is 14.3. The Hall–Kier alpha value is -1.30. The van der Waals surface area contributed by atoms with E-state index in [9.17, 15) is 0 Å². The lowest BCUT2D eigenvalue weighted by Crippen LogP contribution is -2.23. The van der Waals surface area contributed by atoms with Gasteiger partial charge in [0.2, 0.25) is 0 Å². The van der Waals surface area contributed by atoms with Gasteiger partial charge in [-0.3, -0.25) is 0 Å². The molecule has 132 valence electrons. The lowest BCUT2D eigenvalue weighted by molar-refractivity contribution is 0.418. The summed E-state index contributed by atoms with van der Waals surface area (Å²) in [7, 11) is 0. The van der Waals surface area contributed by atoms with Crippen LogP contribution in [0.15, 0.2) is 57.7 Å². The summed E-state index contributed by atoms with van der Waals surface area (Å²) >= 11 is 0. The van der Waals surface area contributed by atoms with Gasteiger partial charge in [-0.1, -0.05) is 68.7 Å². The van der Waals surface area contributed by atoms with Gasteiger partial charge in [-0.15, -0.1) is 0 Å². The van der Waals surface area contributed by atoms with Gasteiger partial charge in [-0.25, -0.2) is 0 Å². The maximum atomic E-state index is 2.48. The molecule has 0 aromatic heterocycles. The zero-order chi connectivity index (χ0) is 18.1. The van der Waals surface area contributed by atoms with E-state index in [2.05, 4.69) is 79.7 Å². The van der Waals surface area contributed by atoms with E-state index in [4.69, 9.17) is 0 Å². The maximum Gasteiger partial charge on any atom is -0.00907 e. The van der Waals surface area contributed by atoms with Gasteiger partial charge in [0.1, 0.15) is 0 Å². The van der Waals surface area contributed by atoms with Crippen LogP contribution in [0.4, 0.5) is 0 Å². The molecule has 0 heterocycles. The monoisotopic (exact) mass is 324 g/mol. The molecule has 2 rings (SSSR count). The smallest absolute Gasteiger partial charge is 0.00907 e. The minimum Gasteiger partial charge on any atom is -0.0810 e. The first-order chi connectivity index (χ1) is 11.1. The minimum absolute atomic E-state index is 0.226. The molecule has 0 saturated carbocycles. The van der Waals surface area contributed by atoms with E-state index in [1.165, 1.54) is 29.6 Å². The van der Waals surface area contributed by atoms with Crippen LogP contribution in [0.2, 0.25) is 0 Å². The Labute approximate surface area is 150 Å². The second-order valence-electron chi connectivity index (χ2n) is 8.86. The van der Waals surface area contributed by atoms with Gasteiger partial charge in [0.05, 0.1) is 0 Å². The molecular weight excluding hydrogens is 288 g/mol. The summed E-state index contributed by atoms with van der Waals surface area (Å²) in [5, 5.41) is 0. The van der Waals surface area contributed by atoms with Crippen LogP contribution >= 0.6 is 0 Å². The van der Waals surface area contributed by atoms with E-state index in [1.54, 1.807) is 16.7 Å². The van der Waals surface area contributed by atoms with Gasteiger partial charge in [0, 0.05) is 0 Å². The molecule has 24 heavy (non-hydrogen) atoms. The van der Waals surface area contributed by atoms with Crippen LogP contribution in [0.3, 0.4) is 0 Å². The molecule has 0 aromatic carbocycles. The Kier molecular flexibility index (Phi) is 5.78. The van der Waals surface area contributed by atoms with Crippen LogP contribution in [0.25, 0.3) is 0 Å². The summed E-state index contributed by atoms with van der Waals surface area (Å²) in [4.78, 5) is 0. The van der Waals surface area contributed by atoms with Crippen molar-refractivity contribution >= 4 is 0 Å². The third kappa shape index (κ3) is 4.21. The SMILES string of the molecule is CCC1=C(/C(C)=C\C(C)(C)C)C(C)=CCC1C1CC=C(C)C=C1C. The molecule has 0 heteroatoms. The summed E-state index contributed by atoms with van der Waals surface area (Å²) in [6, 6.07) is 0. The quantitative estimate of drug-likeness (QED) is 0.502. The Balaban J connectivity index is 2.46. The van der Waals surface area contributed by atoms with E-state index >= 15 is 0 Å². The van der Waals surface area contributed by atoms with Crippen LogP contribution in [0.5, 0.6) is 0 Å². The van der Waals surface area contributed by atoms with Crippen molar-refractivity contribution in [3.05, 3.63) is 57.7 Å². The molecule has 0 N–H and O–H groups in total. The molecule has 0 amide bonds. The van der Waals surface area contributed by atoms with Gasteiger partial charge in [0.15, 0.2) is 0 Å². The number of allylic oxidation sites excluding steroid dienone is 10. The first-order valence-electron chi connectivity index (χ1n) is 9.59. The van der Waals surface area contributed by atoms with Crippen molar-refractivity contribution in [1.82, 2.24) is 0 Å². The third-order valence-electron chi connectivity index (χ3n) is 5.49. The molecule has 2 atom stereocenters. The van der Waals surface area contributed by atoms with Crippen LogP contribution in [0, 0.1) is 17.3 Å². The average molecular weight is 325 g/mol. The van der Waals surface area contributed by atoms with Crippen molar-refractivity contribution in [2.24, 2.45) is 17.3 Å². The molecular formula is C24H36. The van der Waals surface area contributed by atoms with Crippen LogP contribution in [0.1, 0.15) is 74.7 Å². The molecule has 2 unspecified atom stereocenters. The summed E-state index contributed by atoms with van der Waals surface area (Å²) in [5.41, 5.74) is 9.38. The summed E-state index contributed by atoms with van der Waals surface area (Å²) < 4.78 is 0. The molecule has 0 bridgehead atoms. The normalized spacial score (nSPS) is 26.2. The Morgan fingerprint density at radius 2 is 1.71 bits per heavy atom. The Bertz CT molecular complexity index is 638. The largest absolute Gasteiger partial charge is 0.0810 e. The van der Waals surface area contributed by atoms with Crippen molar-refractivity contribution in [3.63, 3.8) is 0 Å². The fourth-order valence-corrected chi connectivity index (χ4v) is 4.62. The van der Waals surface area contributed by atoms with Gasteiger partial charge in [-0.05, 0) is 80.9 Å². The Morgan fingerprint density at radius 3 is 2.25 bits per heavy atom. The highest BCUT2D eigenvalue weighted by molar-refractivity contribution is 5.52. The zero-order valence-corrected chi connectivity index (χ0v) is 17.1. The zero-order valence-electron chi connectivity index (χ0n) is 17.1. The summed E-state index contributed by atoms with van der Waals surface area (Å²) in [6.45, 7) is 18.4. The molecule has 0 fully saturated rings. The van der Waals surface area contributed by atoms with Crippen LogP contribution in [-0.4, -0.2) is 0 Å². The predicted molar refractivity (Wildman–Crippen MR) is 108 cm³/mol. The summed E-state index contributed by atoms with van der Waals surface area (Å²) in [5.74, 6) is 1.34. The fourth-order valence-electron chi connectivity index (χ4n) is 4.62. The van der Waals surface area contributed by atoms with Crippen molar-refractivity contribution in [2.45, 2.75) is 74.7 Å². The number of hydrogen-bond acceptors (Lipinski definition) is 0. The number of rotatable bonds is 3. The summed E-state index contributed by atoms with van der Waals surface area (Å²) in [6.07, 6.45) is 13.3. The molecule has 0 radical (unpaired) electrons. The highest BCUT2D eigenvalue weighted by Crippen LogP contribution is 2.44. The third-order valence-corrected chi connectivity index (χ3v) is 5.49. The highest BCUT2D eigenvalue weighted by Gasteiger charge is 2.30. The van der Waals surface area contributed by atoms with E-state index in [0.717, 1.165) is 6.42 Å². The second kappa shape index (κ2) is 7.30. The van der Waals surface area contributed by atoms with E-state index in [1.807, 2.05) is 0 Å². The lowest BCUT2D eigenvalue weighted by Gasteiger charge is -2.36. The van der Waals surface area contributed by atoms with E-state index < -0.39 is 0 Å². The second-order valence-corrected chi connectivity index (χ2v) is 8.86. The van der Waals surface area contributed by atoms with Crippen molar-refractivity contribution < 1.29 is 0 Å². The standard InChI is InChI=1S/C24H36/c1-9-20-22(21-12-10-16(2)14-18(21)4)13-11-17(3)23(20)19(5)15-24(6,7)8/h10-11,14-15,21-22H,9,12-13H2,1-8H3/b19-15-. The van der Waals surface area contributed by atoms with Gasteiger partial charge >= 0.3 is 0 Å². The molecule has 0 aromatic rings. The molecule has 0 saturated heterocycles. The van der Waals surface area contributed by atoms with Crippen molar-refractivity contribution in [1.29, 1.82) is 0 Å². The van der Waals surface area contributed by atoms with E-state index in [0.29, 0.717) is 11.8 Å². The lowest BCUT2D eigenvalue weighted by atomic mass is 9.69. The molecule has 2 aliphatic rings. The first-order valence-corrected chi connectivity index (χ1v) is 9.59. The predicted octanol–water partition coefficient (Wildman–Crippen LogP) is 7.56. The van der Waals surface area contributed by atoms with Crippen LogP contribution in [-0.2, 0) is 0 Å². The van der Waals surface area contributed by atoms with Gasteiger partial charge in [0.25, 0.3) is 0 Å². The minimum atomic E-state index is 0.226. The van der Waals surface area contributed by atoms with Gasteiger partial charge < -0.3 is 0 Å². The maximum absolute atomic E-state index is 2.48. The average Bonchev–Trinajstić information content (AvgIpc) is 2.45. The molecule has 0 spiro atoms. The molecule has 0 nitrogen and oxygen atoms in total. The fraction of sp³-hybridized carbons (Fsp3) is 0.583. The van der Waals surface area contributed by atoms with E-state index in [-0.39, 0.29) is 5.41 Å². The van der Waals surface area contributed by atoms with Crippen molar-refractivity contribution in [2.75, 3.05) is 0 Å². The Morgan fingerprint density at radius 1 is 1.08 bits per heavy atom. The number of hydrogen-bond donors (Lipinski definition) is 0. The first kappa shape index (κ1) is 19.0. The van der Waals surface area contributed by atoms with Crippen LogP contribution < -0.4 is 0 Å².